The van der Waals surface area contributed by atoms with E-state index in [1.54, 1.807) is 27.7 Å². The largest absolute Gasteiger partial charge is 0.480 e. The highest BCUT2D eigenvalue weighted by Gasteiger charge is 2.26. The van der Waals surface area contributed by atoms with Crippen molar-refractivity contribution in [1.29, 1.82) is 0 Å². The van der Waals surface area contributed by atoms with Crippen molar-refractivity contribution in [2.75, 3.05) is 0 Å². The van der Waals surface area contributed by atoms with Crippen LogP contribution in [0.2, 0.25) is 0 Å². The molecule has 0 amide bonds. The van der Waals surface area contributed by atoms with E-state index < -0.39 is 27.7 Å². The van der Waals surface area contributed by atoms with Gasteiger partial charge in [0.1, 0.15) is 6.04 Å². The lowest BCUT2D eigenvalue weighted by Gasteiger charge is -2.21. The molecule has 0 spiro atoms. The Morgan fingerprint density at radius 2 is 2.00 bits per heavy atom. The minimum atomic E-state index is -1.38. The molecule has 0 aromatic rings. The molecule has 0 rings (SSSR count). The first-order valence-corrected chi connectivity index (χ1v) is 5.85. The van der Waals surface area contributed by atoms with Gasteiger partial charge in [-0.2, -0.15) is 0 Å². The van der Waals surface area contributed by atoms with E-state index in [-0.39, 0.29) is 6.42 Å². The first-order valence-electron chi connectivity index (χ1n) is 4.70. The number of nitrogens with one attached hydrogen (secondary N) is 1. The third-order valence-electron chi connectivity index (χ3n) is 1.66. The average molecular weight is 233 g/mol. The molecule has 0 radical (unpaired) electrons. The van der Waals surface area contributed by atoms with Crippen LogP contribution in [0.15, 0.2) is 12.2 Å². The summed E-state index contributed by atoms with van der Waals surface area (Å²) in [5.41, 5.74) is 0.751. The zero-order valence-electron chi connectivity index (χ0n) is 9.66. The monoisotopic (exact) mass is 233 g/mol. The molecule has 15 heavy (non-hydrogen) atoms. The van der Waals surface area contributed by atoms with Crippen molar-refractivity contribution in [1.82, 2.24) is 4.72 Å². The van der Waals surface area contributed by atoms with Crippen molar-refractivity contribution < 1.29 is 14.1 Å². The lowest BCUT2D eigenvalue weighted by Crippen LogP contribution is -2.43. The molecule has 0 aliphatic rings. The molecule has 0 saturated carbocycles. The third-order valence-corrected chi connectivity index (χ3v) is 3.27. The summed E-state index contributed by atoms with van der Waals surface area (Å²) in [6.07, 6.45) is 0.289. The summed E-state index contributed by atoms with van der Waals surface area (Å²) in [5, 5.41) is 8.90. The predicted octanol–water partition coefficient (Wildman–Crippen LogP) is 1.46. The summed E-state index contributed by atoms with van der Waals surface area (Å²) in [6, 6.07) is -0.831. The first-order chi connectivity index (χ1) is 6.64. The summed E-state index contributed by atoms with van der Waals surface area (Å²) >= 11 is 0. The summed E-state index contributed by atoms with van der Waals surface area (Å²) < 4.78 is 13.8. The smallest absolute Gasteiger partial charge is 0.321 e. The third kappa shape index (κ3) is 5.69. The maximum Gasteiger partial charge on any atom is 0.321 e. The topological polar surface area (TPSA) is 66.4 Å². The van der Waals surface area contributed by atoms with Gasteiger partial charge in [-0.15, -0.1) is 6.58 Å². The molecule has 0 aliphatic heterocycles. The predicted molar refractivity (Wildman–Crippen MR) is 61.9 cm³/mol. The molecular formula is C10H19NO3S. The molecule has 0 fully saturated rings. The summed E-state index contributed by atoms with van der Waals surface area (Å²) in [6.45, 7) is 10.8. The molecule has 0 aliphatic carbocycles. The van der Waals surface area contributed by atoms with Crippen LogP contribution < -0.4 is 4.72 Å². The molecule has 0 bridgehead atoms. The molecular weight excluding hydrogens is 214 g/mol. The van der Waals surface area contributed by atoms with E-state index in [1.165, 1.54) is 0 Å². The summed E-state index contributed by atoms with van der Waals surface area (Å²) in [5.74, 6) is -1.00. The second-order valence-corrected chi connectivity index (χ2v) is 6.55. The molecule has 2 N–H and O–H groups in total. The van der Waals surface area contributed by atoms with Gasteiger partial charge in [0, 0.05) is 0 Å². The van der Waals surface area contributed by atoms with Crippen molar-refractivity contribution in [3.05, 3.63) is 12.2 Å². The van der Waals surface area contributed by atoms with Crippen LogP contribution in [-0.4, -0.2) is 26.1 Å². The number of hydrogen-bond donors (Lipinski definition) is 2. The lowest BCUT2D eigenvalue weighted by molar-refractivity contribution is -0.138. The molecule has 2 atom stereocenters. The Hall–Kier alpha value is -0.680. The lowest BCUT2D eigenvalue weighted by atomic mass is 10.1. The maximum absolute atomic E-state index is 11.7. The Morgan fingerprint density at radius 1 is 1.53 bits per heavy atom. The number of carboxylic acids is 1. The summed E-state index contributed by atoms with van der Waals surface area (Å²) in [4.78, 5) is 10.9. The van der Waals surface area contributed by atoms with Gasteiger partial charge in [0.25, 0.3) is 0 Å². The van der Waals surface area contributed by atoms with Crippen molar-refractivity contribution in [2.45, 2.75) is 44.9 Å². The van der Waals surface area contributed by atoms with E-state index in [4.69, 9.17) is 5.11 Å². The van der Waals surface area contributed by atoms with Crippen molar-refractivity contribution in [2.24, 2.45) is 0 Å². The van der Waals surface area contributed by atoms with Crippen LogP contribution in [0.4, 0.5) is 0 Å². The van der Waals surface area contributed by atoms with Crippen LogP contribution in [0.25, 0.3) is 0 Å². The van der Waals surface area contributed by atoms with Gasteiger partial charge >= 0.3 is 5.97 Å². The van der Waals surface area contributed by atoms with E-state index in [9.17, 15) is 9.00 Å². The fourth-order valence-electron chi connectivity index (χ4n) is 0.834. The minimum Gasteiger partial charge on any atom is -0.480 e. The van der Waals surface area contributed by atoms with Gasteiger partial charge in [-0.3, -0.25) is 4.79 Å². The van der Waals surface area contributed by atoms with Crippen LogP contribution in [0.1, 0.15) is 34.1 Å². The first kappa shape index (κ1) is 14.3. The van der Waals surface area contributed by atoms with Crippen LogP contribution in [0.5, 0.6) is 0 Å². The van der Waals surface area contributed by atoms with E-state index in [0.717, 1.165) is 5.57 Å². The molecule has 0 heterocycles. The molecule has 0 aromatic heterocycles. The van der Waals surface area contributed by atoms with Crippen LogP contribution in [0, 0.1) is 0 Å². The highest BCUT2D eigenvalue weighted by molar-refractivity contribution is 7.84. The van der Waals surface area contributed by atoms with Gasteiger partial charge in [-0.1, -0.05) is 5.57 Å². The minimum absolute atomic E-state index is 0.289. The van der Waals surface area contributed by atoms with Gasteiger partial charge in [0.15, 0.2) is 0 Å². The SMILES string of the molecule is C=C(C)C[C@@H](NS(=O)C(C)(C)C)C(=O)O. The highest BCUT2D eigenvalue weighted by atomic mass is 32.2. The Labute approximate surface area is 93.3 Å². The Bertz CT molecular complexity index is 281. The van der Waals surface area contributed by atoms with E-state index in [0.29, 0.717) is 0 Å². The second kappa shape index (κ2) is 5.42. The molecule has 4 nitrogen and oxygen atoms in total. The number of carbonyl (C=O) groups is 1. The van der Waals surface area contributed by atoms with Gasteiger partial charge in [-0.05, 0) is 34.1 Å². The Balaban J connectivity index is 4.50. The standard InChI is InChI=1S/C10H19NO3S/c1-7(2)6-8(9(12)13)11-15(14)10(3,4)5/h8,11H,1,6H2,2-5H3,(H,12,13)/t8-,15?/m1/s1. The number of hydrogen-bond acceptors (Lipinski definition) is 2. The van der Waals surface area contributed by atoms with Crippen molar-refractivity contribution >= 4 is 17.0 Å². The fourth-order valence-corrected chi connectivity index (χ4v) is 1.63. The van der Waals surface area contributed by atoms with Crippen molar-refractivity contribution in [3.8, 4) is 0 Å². The van der Waals surface area contributed by atoms with Crippen LogP contribution in [0.3, 0.4) is 0 Å². The van der Waals surface area contributed by atoms with E-state index >= 15 is 0 Å². The van der Waals surface area contributed by atoms with Crippen LogP contribution in [-0.2, 0) is 15.8 Å². The zero-order chi connectivity index (χ0) is 12.2. The maximum atomic E-state index is 11.7. The molecule has 1 unspecified atom stereocenters. The Morgan fingerprint density at radius 3 is 2.27 bits per heavy atom. The zero-order valence-corrected chi connectivity index (χ0v) is 10.5. The number of rotatable bonds is 5. The number of aliphatic carboxylic acids is 1. The summed E-state index contributed by atoms with van der Waals surface area (Å²) in [7, 11) is -1.38. The van der Waals surface area contributed by atoms with Crippen molar-refractivity contribution in [3.63, 3.8) is 0 Å². The van der Waals surface area contributed by atoms with E-state index in [1.807, 2.05) is 0 Å². The molecule has 88 valence electrons. The quantitative estimate of drug-likeness (QED) is 0.706. The van der Waals surface area contributed by atoms with Crippen LogP contribution >= 0.6 is 0 Å². The average Bonchev–Trinajstić information content (AvgIpc) is 1.99. The van der Waals surface area contributed by atoms with Gasteiger partial charge in [0.05, 0.1) is 15.7 Å². The van der Waals surface area contributed by atoms with Gasteiger partial charge in [0.2, 0.25) is 0 Å². The van der Waals surface area contributed by atoms with Gasteiger partial charge in [-0.25, -0.2) is 8.93 Å². The van der Waals surface area contributed by atoms with E-state index in [2.05, 4.69) is 11.3 Å². The Kier molecular flexibility index (Phi) is 5.17. The molecule has 0 saturated heterocycles. The number of carboxylic acid groups (broad SMARTS) is 1. The molecule has 0 aromatic carbocycles. The fraction of sp³-hybridized carbons (Fsp3) is 0.700. The second-order valence-electron chi connectivity index (χ2n) is 4.55. The normalized spacial score (nSPS) is 15.7. The highest BCUT2D eigenvalue weighted by Crippen LogP contribution is 2.11. The van der Waals surface area contributed by atoms with Gasteiger partial charge < -0.3 is 5.11 Å². The molecule has 5 heteroatoms.